The summed E-state index contributed by atoms with van der Waals surface area (Å²) in [6.45, 7) is 4.41. The average molecular weight is 380 g/mol. The number of carbonyl (C=O) groups excluding carboxylic acids is 2. The van der Waals surface area contributed by atoms with Gasteiger partial charge in [-0.2, -0.15) is 0 Å². The number of anilines is 1. The maximum absolute atomic E-state index is 12.5. The van der Waals surface area contributed by atoms with Gasteiger partial charge in [0.15, 0.2) is 3.95 Å². The SMILES string of the molecule is CC(C)C[C@H](NC(=O)Nc1n[nH]c(=S)s1)C(=O)NCc1ccccc1. The molecule has 2 aromatic rings. The number of benzene rings is 1. The van der Waals surface area contributed by atoms with E-state index in [2.05, 4.69) is 26.1 Å². The molecule has 0 radical (unpaired) electrons. The third-order valence-corrected chi connectivity index (χ3v) is 4.30. The molecular formula is C16H21N5O2S2. The summed E-state index contributed by atoms with van der Waals surface area (Å²) in [5.74, 6) is 0.0302. The normalized spacial score (nSPS) is 11.8. The second-order valence-corrected chi connectivity index (χ2v) is 7.57. The largest absolute Gasteiger partial charge is 0.350 e. The van der Waals surface area contributed by atoms with E-state index in [9.17, 15) is 9.59 Å². The molecule has 9 heteroatoms. The number of hydrogen-bond acceptors (Lipinski definition) is 5. The van der Waals surface area contributed by atoms with Crippen LogP contribution in [0.4, 0.5) is 9.93 Å². The molecule has 0 spiro atoms. The number of rotatable bonds is 7. The van der Waals surface area contributed by atoms with Gasteiger partial charge >= 0.3 is 6.03 Å². The van der Waals surface area contributed by atoms with E-state index >= 15 is 0 Å². The maximum atomic E-state index is 12.5. The van der Waals surface area contributed by atoms with Gasteiger partial charge in [-0.3, -0.25) is 15.2 Å². The van der Waals surface area contributed by atoms with E-state index in [-0.39, 0.29) is 11.8 Å². The Labute approximate surface area is 155 Å². The molecule has 0 aliphatic carbocycles. The number of H-pyrrole nitrogens is 1. The number of aromatic nitrogens is 2. The molecule has 0 aliphatic heterocycles. The average Bonchev–Trinajstić information content (AvgIpc) is 2.97. The molecule has 1 atom stereocenters. The first-order valence-corrected chi connectivity index (χ1v) is 9.11. The molecule has 0 aliphatic rings. The zero-order valence-electron chi connectivity index (χ0n) is 14.0. The Bertz CT molecular complexity index is 757. The predicted octanol–water partition coefficient (Wildman–Crippen LogP) is 3.05. The van der Waals surface area contributed by atoms with Gasteiger partial charge in [0.2, 0.25) is 11.0 Å². The van der Waals surface area contributed by atoms with Gasteiger partial charge in [0.25, 0.3) is 0 Å². The molecule has 134 valence electrons. The van der Waals surface area contributed by atoms with Gasteiger partial charge in [0.1, 0.15) is 6.04 Å². The molecule has 1 aromatic heterocycles. The molecule has 0 unspecified atom stereocenters. The van der Waals surface area contributed by atoms with Crippen molar-refractivity contribution in [2.75, 3.05) is 5.32 Å². The summed E-state index contributed by atoms with van der Waals surface area (Å²) in [6.07, 6.45) is 0.532. The highest BCUT2D eigenvalue weighted by Gasteiger charge is 2.22. The molecular weight excluding hydrogens is 358 g/mol. The third kappa shape index (κ3) is 6.63. The Hall–Kier alpha value is -2.26. The molecule has 0 saturated carbocycles. The van der Waals surface area contributed by atoms with E-state index in [0.29, 0.717) is 22.1 Å². The fourth-order valence-electron chi connectivity index (χ4n) is 2.19. The fourth-order valence-corrected chi connectivity index (χ4v) is 2.97. The van der Waals surface area contributed by atoms with Crippen LogP contribution in [-0.4, -0.2) is 28.2 Å². The molecule has 1 aromatic carbocycles. The first-order chi connectivity index (χ1) is 11.9. The second kappa shape index (κ2) is 9.28. The number of carbonyl (C=O) groups is 2. The predicted molar refractivity (Wildman–Crippen MR) is 101 cm³/mol. The van der Waals surface area contributed by atoms with Crippen LogP contribution in [0.25, 0.3) is 0 Å². The van der Waals surface area contributed by atoms with Crippen LogP contribution >= 0.6 is 23.6 Å². The van der Waals surface area contributed by atoms with Crippen LogP contribution in [0.3, 0.4) is 0 Å². The van der Waals surface area contributed by atoms with Crippen LogP contribution in [0.15, 0.2) is 30.3 Å². The van der Waals surface area contributed by atoms with Crippen LogP contribution in [-0.2, 0) is 11.3 Å². The van der Waals surface area contributed by atoms with E-state index in [4.69, 9.17) is 12.2 Å². The molecule has 25 heavy (non-hydrogen) atoms. The highest BCUT2D eigenvalue weighted by atomic mass is 32.1. The van der Waals surface area contributed by atoms with E-state index in [1.165, 1.54) is 0 Å². The minimum absolute atomic E-state index is 0.220. The quantitative estimate of drug-likeness (QED) is 0.556. The Kier molecular flexibility index (Phi) is 7.08. The highest BCUT2D eigenvalue weighted by molar-refractivity contribution is 7.73. The van der Waals surface area contributed by atoms with Crippen molar-refractivity contribution in [2.24, 2.45) is 5.92 Å². The standard InChI is InChI=1S/C16H21N5O2S2/c1-10(2)8-12(13(22)17-9-11-6-4-3-5-7-11)18-14(23)19-15-20-21-16(24)25-15/h3-7,10,12H,8-9H2,1-2H3,(H,17,22)(H,21,24)(H2,18,19,20,23)/t12-/m0/s1. The van der Waals surface area contributed by atoms with Gasteiger partial charge < -0.3 is 10.6 Å². The second-order valence-electron chi connectivity index (χ2n) is 5.90. The van der Waals surface area contributed by atoms with E-state index < -0.39 is 12.1 Å². The molecule has 0 fully saturated rings. The van der Waals surface area contributed by atoms with E-state index in [1.54, 1.807) is 0 Å². The molecule has 0 saturated heterocycles. The van der Waals surface area contributed by atoms with Crippen molar-refractivity contribution < 1.29 is 9.59 Å². The molecule has 2 rings (SSSR count). The Morgan fingerprint density at radius 2 is 2.00 bits per heavy atom. The molecule has 0 bridgehead atoms. The van der Waals surface area contributed by atoms with Gasteiger partial charge in [0, 0.05) is 6.54 Å². The lowest BCUT2D eigenvalue weighted by Gasteiger charge is -2.20. The summed E-state index contributed by atoms with van der Waals surface area (Å²) in [7, 11) is 0. The number of amides is 3. The lowest BCUT2D eigenvalue weighted by atomic mass is 10.0. The van der Waals surface area contributed by atoms with Gasteiger partial charge in [-0.25, -0.2) is 4.79 Å². The Balaban J connectivity index is 1.93. The number of hydrogen-bond donors (Lipinski definition) is 4. The minimum atomic E-state index is -0.629. The van der Waals surface area contributed by atoms with Crippen molar-refractivity contribution in [3.05, 3.63) is 39.8 Å². The summed E-state index contributed by atoms with van der Waals surface area (Å²) in [6, 6.07) is 8.50. The maximum Gasteiger partial charge on any atom is 0.321 e. The first kappa shape index (κ1) is 19.1. The molecule has 1 heterocycles. The van der Waals surface area contributed by atoms with Crippen molar-refractivity contribution in [3.8, 4) is 0 Å². The van der Waals surface area contributed by atoms with E-state index in [0.717, 1.165) is 16.9 Å². The van der Waals surface area contributed by atoms with Crippen molar-refractivity contribution in [1.82, 2.24) is 20.8 Å². The zero-order chi connectivity index (χ0) is 18.2. The molecule has 7 nitrogen and oxygen atoms in total. The third-order valence-electron chi connectivity index (χ3n) is 3.30. The summed E-state index contributed by atoms with van der Waals surface area (Å²) < 4.78 is 0.467. The van der Waals surface area contributed by atoms with Gasteiger partial charge in [-0.15, -0.1) is 5.10 Å². The minimum Gasteiger partial charge on any atom is -0.350 e. The highest BCUT2D eigenvalue weighted by Crippen LogP contribution is 2.11. The fraction of sp³-hybridized carbons (Fsp3) is 0.375. The number of urea groups is 1. The summed E-state index contributed by atoms with van der Waals surface area (Å²) in [5, 5.41) is 14.9. The Morgan fingerprint density at radius 3 is 2.60 bits per heavy atom. The number of nitrogens with one attached hydrogen (secondary N) is 4. The molecule has 3 amide bonds. The first-order valence-electron chi connectivity index (χ1n) is 7.88. The van der Waals surface area contributed by atoms with Crippen LogP contribution < -0.4 is 16.0 Å². The van der Waals surface area contributed by atoms with Gasteiger partial charge in [-0.05, 0) is 30.1 Å². The van der Waals surface area contributed by atoms with Crippen LogP contribution in [0, 0.1) is 9.87 Å². The monoisotopic (exact) mass is 379 g/mol. The zero-order valence-corrected chi connectivity index (χ0v) is 15.7. The molecule has 4 N–H and O–H groups in total. The van der Waals surface area contributed by atoms with Crippen LogP contribution in [0.2, 0.25) is 0 Å². The summed E-state index contributed by atoms with van der Waals surface area (Å²) in [5.41, 5.74) is 1.000. The lowest BCUT2D eigenvalue weighted by Crippen LogP contribution is -2.48. The van der Waals surface area contributed by atoms with Crippen molar-refractivity contribution in [2.45, 2.75) is 32.9 Å². The number of nitrogens with zero attached hydrogens (tertiary/aromatic N) is 1. The lowest BCUT2D eigenvalue weighted by molar-refractivity contribution is -0.123. The van der Waals surface area contributed by atoms with Crippen LogP contribution in [0.1, 0.15) is 25.8 Å². The van der Waals surface area contributed by atoms with Crippen molar-refractivity contribution in [1.29, 1.82) is 0 Å². The summed E-state index contributed by atoms with van der Waals surface area (Å²) >= 11 is 6.07. The van der Waals surface area contributed by atoms with Gasteiger partial charge in [0.05, 0.1) is 0 Å². The van der Waals surface area contributed by atoms with E-state index in [1.807, 2.05) is 44.2 Å². The summed E-state index contributed by atoms with van der Waals surface area (Å²) in [4.78, 5) is 24.6. The van der Waals surface area contributed by atoms with Crippen LogP contribution in [0.5, 0.6) is 0 Å². The number of aromatic amines is 1. The van der Waals surface area contributed by atoms with Gasteiger partial charge in [-0.1, -0.05) is 55.5 Å². The smallest absolute Gasteiger partial charge is 0.321 e. The van der Waals surface area contributed by atoms with Crippen molar-refractivity contribution >= 4 is 40.6 Å². The topological polar surface area (TPSA) is 98.9 Å². The van der Waals surface area contributed by atoms with Crippen molar-refractivity contribution in [3.63, 3.8) is 0 Å². The Morgan fingerprint density at radius 1 is 1.28 bits per heavy atom.